The molecule has 80 valence electrons. The largest absolute Gasteiger partial charge is 0.352 e. The van der Waals surface area contributed by atoms with E-state index < -0.39 is 0 Å². The highest BCUT2D eigenvalue weighted by Gasteiger charge is 2.15. The molecule has 1 aromatic carbocycles. The molecule has 0 aromatic heterocycles. The number of benzene rings is 1. The summed E-state index contributed by atoms with van der Waals surface area (Å²) in [5.41, 5.74) is 1.35. The van der Waals surface area contributed by atoms with Gasteiger partial charge in [-0.1, -0.05) is 30.0 Å². The Kier molecular flexibility index (Phi) is 3.31. The van der Waals surface area contributed by atoms with Gasteiger partial charge in [-0.25, -0.2) is 0 Å². The third kappa shape index (κ3) is 2.17. The van der Waals surface area contributed by atoms with Gasteiger partial charge in [-0.15, -0.1) is 0 Å². The maximum absolute atomic E-state index is 4.62. The zero-order valence-electron chi connectivity index (χ0n) is 9.23. The lowest BCUT2D eigenvalue weighted by molar-refractivity contribution is 0.472. The van der Waals surface area contributed by atoms with Crippen LogP contribution in [0.25, 0.3) is 0 Å². The van der Waals surface area contributed by atoms with E-state index in [1.165, 1.54) is 15.6 Å². The van der Waals surface area contributed by atoms with Crippen molar-refractivity contribution >= 4 is 16.9 Å². The summed E-state index contributed by atoms with van der Waals surface area (Å²) in [5, 5.41) is 1.17. The van der Waals surface area contributed by atoms with Crippen molar-refractivity contribution in [2.24, 2.45) is 4.99 Å². The van der Waals surface area contributed by atoms with Crippen molar-refractivity contribution in [3.63, 3.8) is 0 Å². The maximum atomic E-state index is 4.62. The van der Waals surface area contributed by atoms with Crippen LogP contribution in [0.5, 0.6) is 0 Å². The molecule has 0 saturated carbocycles. The number of amidine groups is 1. The molecule has 1 aromatic rings. The minimum absolute atomic E-state index is 0.828. The first-order chi connectivity index (χ1) is 7.35. The summed E-state index contributed by atoms with van der Waals surface area (Å²) in [6.45, 7) is 7.24. The maximum Gasteiger partial charge on any atom is 0.164 e. The van der Waals surface area contributed by atoms with Crippen molar-refractivity contribution in [1.29, 1.82) is 0 Å². The van der Waals surface area contributed by atoms with Gasteiger partial charge in [0.1, 0.15) is 0 Å². The number of aliphatic imine (C=N–C) groups is 1. The number of hydrogen-bond acceptors (Lipinski definition) is 3. The van der Waals surface area contributed by atoms with E-state index in [0.717, 1.165) is 19.6 Å². The molecule has 2 nitrogen and oxygen atoms in total. The van der Waals surface area contributed by atoms with Crippen LogP contribution in [-0.4, -0.2) is 23.2 Å². The fourth-order valence-electron chi connectivity index (χ4n) is 1.68. The summed E-state index contributed by atoms with van der Waals surface area (Å²) in [6, 6.07) is 8.51. The van der Waals surface area contributed by atoms with Crippen LogP contribution < -0.4 is 0 Å². The molecular weight excluding hydrogens is 204 g/mol. The second-order valence-corrected chi connectivity index (χ2v) is 4.49. The Labute approximate surface area is 95.4 Å². The lowest BCUT2D eigenvalue weighted by Crippen LogP contribution is -2.29. The Balaban J connectivity index is 2.18. The van der Waals surface area contributed by atoms with Crippen LogP contribution in [0, 0.1) is 0 Å². The summed E-state index contributed by atoms with van der Waals surface area (Å²) >= 11 is 1.79. The molecule has 0 N–H and O–H groups in total. The van der Waals surface area contributed by atoms with Gasteiger partial charge in [0.15, 0.2) is 5.17 Å². The number of nitrogens with zero attached hydrogens (tertiary/aromatic N) is 2. The lowest BCUT2D eigenvalue weighted by atomic mass is 10.2. The first-order valence-electron chi connectivity index (χ1n) is 5.40. The highest BCUT2D eigenvalue weighted by Crippen LogP contribution is 2.30. The highest BCUT2D eigenvalue weighted by atomic mass is 32.2. The molecule has 1 aliphatic heterocycles. The predicted octanol–water partition coefficient (Wildman–Crippen LogP) is 2.99. The summed E-state index contributed by atoms with van der Waals surface area (Å²) in [6.07, 6.45) is 0. The summed E-state index contributed by atoms with van der Waals surface area (Å²) in [5.74, 6) is 0. The van der Waals surface area contributed by atoms with Crippen molar-refractivity contribution in [1.82, 2.24) is 4.90 Å². The van der Waals surface area contributed by atoms with Crippen molar-refractivity contribution < 1.29 is 0 Å². The number of thioether (sulfide) groups is 1. The molecule has 0 unspecified atom stereocenters. The van der Waals surface area contributed by atoms with E-state index in [1.54, 1.807) is 11.8 Å². The van der Waals surface area contributed by atoms with Crippen LogP contribution in [-0.2, 0) is 6.54 Å². The minimum atomic E-state index is 0.828. The van der Waals surface area contributed by atoms with Crippen LogP contribution in [0.2, 0.25) is 0 Å². The van der Waals surface area contributed by atoms with E-state index in [4.69, 9.17) is 0 Å². The monoisotopic (exact) mass is 220 g/mol. The van der Waals surface area contributed by atoms with E-state index in [-0.39, 0.29) is 0 Å². The molecule has 0 fully saturated rings. The molecule has 0 atom stereocenters. The van der Waals surface area contributed by atoms with Gasteiger partial charge in [0.25, 0.3) is 0 Å². The van der Waals surface area contributed by atoms with Crippen LogP contribution >= 0.6 is 11.8 Å². The number of fused-ring (bicyclic) bond motifs is 1. The molecule has 15 heavy (non-hydrogen) atoms. The van der Waals surface area contributed by atoms with Gasteiger partial charge in [-0.2, -0.15) is 0 Å². The Morgan fingerprint density at radius 1 is 1.27 bits per heavy atom. The van der Waals surface area contributed by atoms with Crippen LogP contribution in [0.4, 0.5) is 0 Å². The minimum Gasteiger partial charge on any atom is -0.352 e. The average Bonchev–Trinajstić information content (AvgIpc) is 2.30. The topological polar surface area (TPSA) is 15.6 Å². The van der Waals surface area contributed by atoms with E-state index in [9.17, 15) is 0 Å². The fraction of sp³-hybridized carbons (Fsp3) is 0.417. The molecule has 0 aliphatic carbocycles. The zero-order chi connectivity index (χ0) is 10.7. The smallest absolute Gasteiger partial charge is 0.164 e. The van der Waals surface area contributed by atoms with E-state index in [0.29, 0.717) is 0 Å². The van der Waals surface area contributed by atoms with Crippen LogP contribution in [0.3, 0.4) is 0 Å². The fourth-order valence-corrected chi connectivity index (χ4v) is 2.80. The van der Waals surface area contributed by atoms with Gasteiger partial charge in [0, 0.05) is 18.0 Å². The van der Waals surface area contributed by atoms with Gasteiger partial charge in [0.05, 0.1) is 6.54 Å². The quantitative estimate of drug-likeness (QED) is 0.761. The SMILES string of the molecule is CCN(CC)C1=NCc2ccccc2S1. The summed E-state index contributed by atoms with van der Waals surface area (Å²) in [7, 11) is 0. The van der Waals surface area contributed by atoms with Crippen molar-refractivity contribution in [2.45, 2.75) is 25.3 Å². The highest BCUT2D eigenvalue weighted by molar-refractivity contribution is 8.13. The first-order valence-corrected chi connectivity index (χ1v) is 6.22. The molecule has 1 heterocycles. The molecule has 0 spiro atoms. The van der Waals surface area contributed by atoms with Gasteiger partial charge < -0.3 is 4.90 Å². The van der Waals surface area contributed by atoms with Gasteiger partial charge >= 0.3 is 0 Å². The second kappa shape index (κ2) is 4.71. The zero-order valence-corrected chi connectivity index (χ0v) is 10.0. The normalized spacial score (nSPS) is 14.4. The molecule has 1 aliphatic rings. The number of rotatable bonds is 2. The molecule has 0 amide bonds. The van der Waals surface area contributed by atoms with E-state index in [2.05, 4.69) is 48.0 Å². The molecule has 2 rings (SSSR count). The third-order valence-corrected chi connectivity index (χ3v) is 3.78. The van der Waals surface area contributed by atoms with Gasteiger partial charge in [-0.3, -0.25) is 4.99 Å². The molecule has 0 bridgehead atoms. The standard InChI is InChI=1S/C12H16N2S/c1-3-14(4-2)12-13-9-10-7-5-6-8-11(10)15-12/h5-8H,3-4,9H2,1-2H3. The van der Waals surface area contributed by atoms with Crippen molar-refractivity contribution in [3.05, 3.63) is 29.8 Å². The Morgan fingerprint density at radius 3 is 2.73 bits per heavy atom. The molecule has 0 radical (unpaired) electrons. The summed E-state index contributed by atoms with van der Waals surface area (Å²) in [4.78, 5) is 8.28. The Morgan fingerprint density at radius 2 is 2.00 bits per heavy atom. The van der Waals surface area contributed by atoms with E-state index in [1.807, 2.05) is 0 Å². The third-order valence-electron chi connectivity index (χ3n) is 2.59. The molecule has 3 heteroatoms. The molecule has 0 saturated heterocycles. The first kappa shape index (κ1) is 10.6. The molecular formula is C12H16N2S. The van der Waals surface area contributed by atoms with Crippen LogP contribution in [0.15, 0.2) is 34.2 Å². The Hall–Kier alpha value is -0.960. The summed E-state index contributed by atoms with van der Waals surface area (Å²) < 4.78 is 0. The average molecular weight is 220 g/mol. The Bertz CT molecular complexity index is 370. The predicted molar refractivity (Wildman–Crippen MR) is 66.4 cm³/mol. The lowest BCUT2D eigenvalue weighted by Gasteiger charge is -2.25. The van der Waals surface area contributed by atoms with Gasteiger partial charge in [-0.05, 0) is 25.5 Å². The van der Waals surface area contributed by atoms with Crippen molar-refractivity contribution in [3.8, 4) is 0 Å². The van der Waals surface area contributed by atoms with Crippen molar-refractivity contribution in [2.75, 3.05) is 13.1 Å². The number of hydrogen-bond donors (Lipinski definition) is 0. The van der Waals surface area contributed by atoms with E-state index >= 15 is 0 Å². The second-order valence-electron chi connectivity index (χ2n) is 3.48. The van der Waals surface area contributed by atoms with Gasteiger partial charge in [0.2, 0.25) is 0 Å². The van der Waals surface area contributed by atoms with Crippen LogP contribution in [0.1, 0.15) is 19.4 Å².